The zero-order valence-corrected chi connectivity index (χ0v) is 16.7. The van der Waals surface area contributed by atoms with Crippen molar-refractivity contribution in [3.63, 3.8) is 0 Å². The zero-order valence-electron chi connectivity index (χ0n) is 16.7. The number of likely N-dealkylation sites (tertiary alicyclic amines) is 1. The van der Waals surface area contributed by atoms with Crippen molar-refractivity contribution in [1.82, 2.24) is 9.88 Å². The molecule has 0 saturated carbocycles. The van der Waals surface area contributed by atoms with Crippen molar-refractivity contribution in [2.75, 3.05) is 20.7 Å². The molecule has 0 amide bonds. The lowest BCUT2D eigenvalue weighted by atomic mass is 9.49. The van der Waals surface area contributed by atoms with Crippen LogP contribution in [0, 0.1) is 0 Å². The molecule has 29 heavy (non-hydrogen) atoms. The number of rotatable bonds is 1. The molecule has 5 nitrogen and oxygen atoms in total. The molecule has 2 aromatic carbocycles. The average Bonchev–Trinajstić information content (AvgIpc) is 3.26. The lowest BCUT2D eigenvalue weighted by molar-refractivity contribution is -0.167. The highest BCUT2D eigenvalue weighted by Gasteiger charge is 2.72. The first-order valence-corrected chi connectivity index (χ1v) is 10.5. The van der Waals surface area contributed by atoms with E-state index in [-0.39, 0.29) is 12.1 Å². The first-order chi connectivity index (χ1) is 14.1. The Morgan fingerprint density at radius 2 is 2.10 bits per heavy atom. The fraction of sp³-hybridized carbons (Fsp3) is 0.417. The summed E-state index contributed by atoms with van der Waals surface area (Å²) >= 11 is 0. The number of aromatic amines is 1. The van der Waals surface area contributed by atoms with Crippen molar-refractivity contribution in [2.24, 2.45) is 0 Å². The smallest absolute Gasteiger partial charge is 0.166 e. The van der Waals surface area contributed by atoms with E-state index in [1.165, 1.54) is 22.1 Å². The molecule has 1 saturated heterocycles. The highest BCUT2D eigenvalue weighted by atomic mass is 16.5. The van der Waals surface area contributed by atoms with Crippen LogP contribution in [0.5, 0.6) is 11.5 Å². The lowest BCUT2D eigenvalue weighted by Crippen LogP contribution is -2.73. The Balaban J connectivity index is 1.60. The zero-order chi connectivity index (χ0) is 19.5. The fourth-order valence-electron chi connectivity index (χ4n) is 7.00. The quantitative estimate of drug-likeness (QED) is 0.673. The van der Waals surface area contributed by atoms with Gasteiger partial charge in [-0.3, -0.25) is 0 Å². The summed E-state index contributed by atoms with van der Waals surface area (Å²) in [5.74, 6) is 1.60. The maximum atomic E-state index is 12.5. The van der Waals surface area contributed by atoms with Gasteiger partial charge in [0.2, 0.25) is 0 Å². The maximum absolute atomic E-state index is 12.5. The molecule has 2 bridgehead atoms. The summed E-state index contributed by atoms with van der Waals surface area (Å²) in [4.78, 5) is 6.01. The van der Waals surface area contributed by atoms with Crippen LogP contribution >= 0.6 is 0 Å². The largest absolute Gasteiger partial charge is 0.493 e. The number of benzene rings is 2. The van der Waals surface area contributed by atoms with Crippen molar-refractivity contribution in [3.8, 4) is 11.5 Å². The monoisotopic (exact) mass is 388 g/mol. The first kappa shape index (κ1) is 16.3. The second-order valence-electron chi connectivity index (χ2n) is 9.21. The minimum Gasteiger partial charge on any atom is -0.493 e. The second-order valence-corrected chi connectivity index (χ2v) is 9.21. The molecule has 4 atom stereocenters. The Morgan fingerprint density at radius 1 is 1.24 bits per heavy atom. The predicted octanol–water partition coefficient (Wildman–Crippen LogP) is 3.10. The number of H-pyrrole nitrogens is 1. The molecule has 148 valence electrons. The van der Waals surface area contributed by atoms with Gasteiger partial charge in [0.15, 0.2) is 17.6 Å². The number of hydrogen-bond donors (Lipinski definition) is 2. The molecule has 3 heterocycles. The van der Waals surface area contributed by atoms with Gasteiger partial charge in [-0.25, -0.2) is 0 Å². The molecule has 4 aliphatic rings. The Kier molecular flexibility index (Phi) is 2.80. The molecular weight excluding hydrogens is 364 g/mol. The highest BCUT2D eigenvalue weighted by molar-refractivity contribution is 5.86. The number of piperidine rings is 1. The molecule has 7 rings (SSSR count). The van der Waals surface area contributed by atoms with Gasteiger partial charge in [0.25, 0.3) is 0 Å². The minimum absolute atomic E-state index is 0.0796. The van der Waals surface area contributed by atoms with E-state index in [0.717, 1.165) is 42.1 Å². The number of para-hydroxylation sites is 1. The van der Waals surface area contributed by atoms with Crippen LogP contribution in [0.25, 0.3) is 10.9 Å². The number of fused-ring (bicyclic) bond motifs is 4. The average molecular weight is 388 g/mol. The molecule has 3 aromatic rings. The van der Waals surface area contributed by atoms with E-state index in [9.17, 15) is 5.11 Å². The van der Waals surface area contributed by atoms with Gasteiger partial charge in [-0.1, -0.05) is 24.3 Å². The maximum Gasteiger partial charge on any atom is 0.166 e. The number of aliphatic hydroxyl groups is 1. The number of aromatic nitrogens is 1. The standard InChI is InChI=1S/C24H24N2O3/c1-26-10-9-23-19-13-7-8-17(28-2)21(19)29-22(23)20-15(12-24(23,27)18(26)11-13)14-5-3-4-6-16(14)25-20/h3-8,18,22,25,27H,9-12H2,1-2H3/t18?,22?,23-,24+/m0/s1. The third-order valence-electron chi connectivity index (χ3n) is 8.24. The van der Waals surface area contributed by atoms with Crippen LogP contribution in [0.4, 0.5) is 0 Å². The summed E-state index contributed by atoms with van der Waals surface area (Å²) < 4.78 is 12.4. The van der Waals surface area contributed by atoms with Crippen LogP contribution in [0.15, 0.2) is 36.4 Å². The van der Waals surface area contributed by atoms with Gasteiger partial charge in [0.1, 0.15) is 0 Å². The van der Waals surface area contributed by atoms with E-state index in [2.05, 4.69) is 47.3 Å². The van der Waals surface area contributed by atoms with Gasteiger partial charge in [0, 0.05) is 28.9 Å². The van der Waals surface area contributed by atoms with Gasteiger partial charge in [-0.2, -0.15) is 0 Å². The van der Waals surface area contributed by atoms with Crippen molar-refractivity contribution in [1.29, 1.82) is 0 Å². The molecule has 2 aliphatic heterocycles. The molecule has 2 N–H and O–H groups in total. The molecule has 2 unspecified atom stereocenters. The highest BCUT2D eigenvalue weighted by Crippen LogP contribution is 2.68. The van der Waals surface area contributed by atoms with E-state index < -0.39 is 11.0 Å². The second kappa shape index (κ2) is 4.97. The van der Waals surface area contributed by atoms with Crippen molar-refractivity contribution in [2.45, 2.75) is 42.4 Å². The Bertz CT molecular complexity index is 1200. The molecule has 2 aliphatic carbocycles. The van der Waals surface area contributed by atoms with Crippen molar-refractivity contribution in [3.05, 3.63) is 58.8 Å². The van der Waals surface area contributed by atoms with Crippen molar-refractivity contribution >= 4 is 10.9 Å². The summed E-state index contributed by atoms with van der Waals surface area (Å²) in [6.45, 7) is 0.957. The number of nitrogens with zero attached hydrogens (tertiary/aromatic N) is 1. The van der Waals surface area contributed by atoms with Gasteiger partial charge in [-0.05, 0) is 49.7 Å². The first-order valence-electron chi connectivity index (χ1n) is 10.5. The van der Waals surface area contributed by atoms with Gasteiger partial charge < -0.3 is 24.5 Å². The van der Waals surface area contributed by atoms with E-state index in [0.29, 0.717) is 6.42 Å². The summed E-state index contributed by atoms with van der Waals surface area (Å²) in [7, 11) is 3.85. The van der Waals surface area contributed by atoms with Crippen LogP contribution in [0.3, 0.4) is 0 Å². The predicted molar refractivity (Wildman–Crippen MR) is 110 cm³/mol. The molecule has 1 fully saturated rings. The number of methoxy groups -OCH3 is 1. The SMILES string of the molecule is COc1ccc2c3c1OC1c4[nH]c5ccccc5c4C[C@@]4(O)C(C2)N(C)CC[C@]314. The van der Waals surface area contributed by atoms with Gasteiger partial charge in [0.05, 0.1) is 23.8 Å². The van der Waals surface area contributed by atoms with Crippen LogP contribution in [-0.4, -0.2) is 47.3 Å². The topological polar surface area (TPSA) is 57.7 Å². The van der Waals surface area contributed by atoms with E-state index in [4.69, 9.17) is 9.47 Å². The molecule has 5 heteroatoms. The number of ether oxygens (including phenoxy) is 2. The number of nitrogens with one attached hydrogen (secondary N) is 1. The van der Waals surface area contributed by atoms with Crippen molar-refractivity contribution < 1.29 is 14.6 Å². The van der Waals surface area contributed by atoms with Crippen LogP contribution < -0.4 is 9.47 Å². The van der Waals surface area contributed by atoms with E-state index in [1.54, 1.807) is 7.11 Å². The van der Waals surface area contributed by atoms with Crippen LogP contribution in [-0.2, 0) is 18.3 Å². The molecular formula is C24H24N2O3. The van der Waals surface area contributed by atoms with E-state index in [1.807, 2.05) is 6.07 Å². The normalized spacial score (nSPS) is 33.9. The lowest BCUT2D eigenvalue weighted by Gasteiger charge is -2.62. The number of likely N-dealkylation sites (N-methyl/N-ethyl adjacent to an activating group) is 1. The summed E-state index contributed by atoms with van der Waals surface area (Å²) in [6, 6.07) is 12.7. The summed E-state index contributed by atoms with van der Waals surface area (Å²) in [6.07, 6.45) is 2.15. The Labute approximate surface area is 169 Å². The number of hydrogen-bond acceptors (Lipinski definition) is 4. The summed E-state index contributed by atoms with van der Waals surface area (Å²) in [5, 5.41) is 13.7. The third-order valence-corrected chi connectivity index (χ3v) is 8.24. The Morgan fingerprint density at radius 3 is 2.97 bits per heavy atom. The molecule has 1 aromatic heterocycles. The molecule has 1 spiro atoms. The fourth-order valence-corrected chi connectivity index (χ4v) is 7.00. The van der Waals surface area contributed by atoms with Crippen LogP contribution in [0.2, 0.25) is 0 Å². The third kappa shape index (κ3) is 1.61. The van der Waals surface area contributed by atoms with Crippen LogP contribution in [0.1, 0.15) is 34.9 Å². The van der Waals surface area contributed by atoms with Gasteiger partial charge in [-0.15, -0.1) is 0 Å². The van der Waals surface area contributed by atoms with Gasteiger partial charge >= 0.3 is 0 Å². The van der Waals surface area contributed by atoms with E-state index >= 15 is 0 Å². The minimum atomic E-state index is -0.868. The summed E-state index contributed by atoms with van der Waals surface area (Å²) in [5.41, 5.74) is 4.64. The molecule has 0 radical (unpaired) electrons. The Hall–Kier alpha value is -2.50.